The van der Waals surface area contributed by atoms with Crippen LogP contribution in [0.4, 0.5) is 0 Å². The van der Waals surface area contributed by atoms with Crippen LogP contribution in [0.1, 0.15) is 19.2 Å². The molecule has 62 valence electrons. The van der Waals surface area contributed by atoms with E-state index in [1.54, 1.807) is 16.9 Å². The van der Waals surface area contributed by atoms with Crippen molar-refractivity contribution in [2.45, 2.75) is 19.8 Å². The summed E-state index contributed by atoms with van der Waals surface area (Å²) in [6, 6.07) is 0. The molecule has 0 aliphatic carbocycles. The number of fused-ring (bicyclic) bond motifs is 1. The highest BCUT2D eigenvalue weighted by molar-refractivity contribution is 5.32. The average molecular weight is 162 g/mol. The van der Waals surface area contributed by atoms with Gasteiger partial charge in [0, 0.05) is 18.8 Å². The molecule has 0 unspecified atom stereocenters. The van der Waals surface area contributed by atoms with Gasteiger partial charge in [0.1, 0.15) is 0 Å². The van der Waals surface area contributed by atoms with Crippen molar-refractivity contribution < 1.29 is 0 Å². The van der Waals surface area contributed by atoms with Crippen molar-refractivity contribution in [2.24, 2.45) is 0 Å². The molecule has 2 aromatic rings. The maximum absolute atomic E-state index is 4.29. The third-order valence-corrected chi connectivity index (χ3v) is 1.66. The normalized spacial score (nSPS) is 10.8. The minimum atomic E-state index is 0.820. The fourth-order valence-corrected chi connectivity index (χ4v) is 1.12. The first-order valence-electron chi connectivity index (χ1n) is 4.05. The zero-order valence-electron chi connectivity index (χ0n) is 6.94. The topological polar surface area (TPSA) is 43.1 Å². The van der Waals surface area contributed by atoms with Crippen molar-refractivity contribution >= 4 is 5.65 Å². The SMILES string of the molecule is CCCc1nc2cnccn2n1. The Morgan fingerprint density at radius 3 is 3.17 bits per heavy atom. The third-order valence-electron chi connectivity index (χ3n) is 1.66. The highest BCUT2D eigenvalue weighted by atomic mass is 15.3. The molecule has 4 nitrogen and oxygen atoms in total. The van der Waals surface area contributed by atoms with E-state index in [2.05, 4.69) is 22.0 Å². The first-order valence-corrected chi connectivity index (χ1v) is 4.05. The smallest absolute Gasteiger partial charge is 0.173 e. The molecular weight excluding hydrogens is 152 g/mol. The lowest BCUT2D eigenvalue weighted by Gasteiger charge is -1.85. The van der Waals surface area contributed by atoms with Crippen LogP contribution in [0.3, 0.4) is 0 Å². The van der Waals surface area contributed by atoms with Gasteiger partial charge in [0.05, 0.1) is 6.20 Å². The molecule has 0 saturated carbocycles. The van der Waals surface area contributed by atoms with E-state index in [0.29, 0.717) is 0 Å². The van der Waals surface area contributed by atoms with Crippen LogP contribution in [0.2, 0.25) is 0 Å². The van der Waals surface area contributed by atoms with Gasteiger partial charge in [-0.05, 0) is 6.42 Å². The van der Waals surface area contributed by atoms with Crippen LogP contribution in [0, 0.1) is 0 Å². The molecule has 0 bridgehead atoms. The lowest BCUT2D eigenvalue weighted by atomic mass is 10.3. The van der Waals surface area contributed by atoms with Crippen molar-refractivity contribution in [3.63, 3.8) is 0 Å². The van der Waals surface area contributed by atoms with Crippen molar-refractivity contribution in [3.8, 4) is 0 Å². The lowest BCUT2D eigenvalue weighted by Crippen LogP contribution is -1.88. The lowest BCUT2D eigenvalue weighted by molar-refractivity contribution is 0.817. The summed E-state index contributed by atoms with van der Waals surface area (Å²) >= 11 is 0. The van der Waals surface area contributed by atoms with Gasteiger partial charge in [-0.15, -0.1) is 0 Å². The summed E-state index contributed by atoms with van der Waals surface area (Å²) in [7, 11) is 0. The Morgan fingerprint density at radius 2 is 2.42 bits per heavy atom. The van der Waals surface area contributed by atoms with Gasteiger partial charge in [-0.2, -0.15) is 5.10 Å². The van der Waals surface area contributed by atoms with Gasteiger partial charge < -0.3 is 0 Å². The molecule has 0 spiro atoms. The highest BCUT2D eigenvalue weighted by Crippen LogP contribution is 2.00. The second-order valence-electron chi connectivity index (χ2n) is 2.66. The summed E-state index contributed by atoms with van der Waals surface area (Å²) in [4.78, 5) is 8.25. The molecule has 0 aliphatic heterocycles. The van der Waals surface area contributed by atoms with Gasteiger partial charge in [-0.1, -0.05) is 6.92 Å². The van der Waals surface area contributed by atoms with E-state index in [1.165, 1.54) is 0 Å². The third kappa shape index (κ3) is 1.15. The van der Waals surface area contributed by atoms with Gasteiger partial charge in [0.2, 0.25) is 0 Å². The zero-order chi connectivity index (χ0) is 8.39. The summed E-state index contributed by atoms with van der Waals surface area (Å²) in [5.74, 6) is 0.894. The predicted octanol–water partition coefficient (Wildman–Crippen LogP) is 1.08. The van der Waals surface area contributed by atoms with Gasteiger partial charge in [-0.3, -0.25) is 4.98 Å². The first kappa shape index (κ1) is 7.21. The van der Waals surface area contributed by atoms with Crippen molar-refractivity contribution in [3.05, 3.63) is 24.4 Å². The molecule has 0 amide bonds. The molecule has 12 heavy (non-hydrogen) atoms. The second-order valence-corrected chi connectivity index (χ2v) is 2.66. The van der Waals surface area contributed by atoms with Crippen molar-refractivity contribution in [2.75, 3.05) is 0 Å². The fourth-order valence-electron chi connectivity index (χ4n) is 1.12. The van der Waals surface area contributed by atoms with E-state index in [-0.39, 0.29) is 0 Å². The standard InChI is InChI=1S/C8H10N4/c1-2-3-7-10-8-6-9-4-5-12(8)11-7/h4-6H,2-3H2,1H3. The molecule has 0 aliphatic rings. The molecule has 0 saturated heterocycles. The molecule has 2 aromatic heterocycles. The van der Waals surface area contributed by atoms with E-state index in [0.717, 1.165) is 24.3 Å². The highest BCUT2D eigenvalue weighted by Gasteiger charge is 2.00. The fraction of sp³-hybridized carbons (Fsp3) is 0.375. The Labute approximate surface area is 70.3 Å². The minimum Gasteiger partial charge on any atom is -0.259 e. The second kappa shape index (κ2) is 2.89. The van der Waals surface area contributed by atoms with Crippen molar-refractivity contribution in [1.82, 2.24) is 19.6 Å². The molecule has 4 heteroatoms. The number of hydrogen-bond donors (Lipinski definition) is 0. The van der Waals surface area contributed by atoms with Crippen LogP contribution in [0.25, 0.3) is 5.65 Å². The van der Waals surface area contributed by atoms with Crippen LogP contribution in [-0.2, 0) is 6.42 Å². The first-order chi connectivity index (χ1) is 5.90. The Kier molecular flexibility index (Phi) is 1.74. The quantitative estimate of drug-likeness (QED) is 0.663. The monoisotopic (exact) mass is 162 g/mol. The van der Waals surface area contributed by atoms with E-state index in [4.69, 9.17) is 0 Å². The number of rotatable bonds is 2. The van der Waals surface area contributed by atoms with E-state index in [9.17, 15) is 0 Å². The zero-order valence-corrected chi connectivity index (χ0v) is 6.94. The van der Waals surface area contributed by atoms with Gasteiger partial charge in [-0.25, -0.2) is 9.50 Å². The van der Waals surface area contributed by atoms with E-state index in [1.807, 2.05) is 6.20 Å². The molecule has 0 N–H and O–H groups in total. The molecule has 2 heterocycles. The Balaban J connectivity index is 2.47. The largest absolute Gasteiger partial charge is 0.259 e. The molecule has 0 radical (unpaired) electrons. The number of hydrogen-bond acceptors (Lipinski definition) is 3. The summed E-state index contributed by atoms with van der Waals surface area (Å²) < 4.78 is 1.75. The Morgan fingerprint density at radius 1 is 1.50 bits per heavy atom. The Hall–Kier alpha value is -1.45. The van der Waals surface area contributed by atoms with Crippen LogP contribution in [-0.4, -0.2) is 19.6 Å². The van der Waals surface area contributed by atoms with Gasteiger partial charge in [0.25, 0.3) is 0 Å². The molecule has 2 rings (SSSR count). The molecule has 0 aromatic carbocycles. The summed E-state index contributed by atoms with van der Waals surface area (Å²) in [6.45, 7) is 2.12. The number of nitrogens with zero attached hydrogens (tertiary/aromatic N) is 4. The summed E-state index contributed by atoms with van der Waals surface area (Å²) in [5.41, 5.74) is 0.820. The van der Waals surface area contributed by atoms with Gasteiger partial charge >= 0.3 is 0 Å². The van der Waals surface area contributed by atoms with Crippen LogP contribution in [0.15, 0.2) is 18.6 Å². The maximum atomic E-state index is 4.29. The summed E-state index contributed by atoms with van der Waals surface area (Å²) in [5, 5.41) is 4.27. The molecule has 0 atom stereocenters. The Bertz CT molecular complexity index is 346. The predicted molar refractivity (Wildman–Crippen MR) is 44.8 cm³/mol. The van der Waals surface area contributed by atoms with Crippen molar-refractivity contribution in [1.29, 1.82) is 0 Å². The van der Waals surface area contributed by atoms with Gasteiger partial charge in [0.15, 0.2) is 11.5 Å². The van der Waals surface area contributed by atoms with E-state index < -0.39 is 0 Å². The van der Waals surface area contributed by atoms with Crippen LogP contribution < -0.4 is 0 Å². The number of aryl methyl sites for hydroxylation is 1. The minimum absolute atomic E-state index is 0.820. The molecular formula is C8H10N4. The summed E-state index contributed by atoms with van der Waals surface area (Å²) in [6.07, 6.45) is 7.23. The average Bonchev–Trinajstić information content (AvgIpc) is 2.47. The van der Waals surface area contributed by atoms with Crippen LogP contribution >= 0.6 is 0 Å². The number of aromatic nitrogens is 4. The van der Waals surface area contributed by atoms with E-state index >= 15 is 0 Å². The van der Waals surface area contributed by atoms with Crippen LogP contribution in [0.5, 0.6) is 0 Å². The molecule has 0 fully saturated rings. The maximum Gasteiger partial charge on any atom is 0.173 e.